The SMILES string of the molecule is COc1ccc(-c2ccccc2)cc1NC(=O)NC[C@H]1CNCCO1. The van der Waals surface area contributed by atoms with Gasteiger partial charge >= 0.3 is 6.03 Å². The molecular formula is C19H23N3O3. The second-order valence-corrected chi connectivity index (χ2v) is 5.81. The van der Waals surface area contributed by atoms with E-state index in [-0.39, 0.29) is 12.1 Å². The van der Waals surface area contributed by atoms with E-state index in [0.717, 1.165) is 24.2 Å². The number of ether oxygens (including phenoxy) is 2. The fourth-order valence-corrected chi connectivity index (χ4v) is 2.74. The van der Waals surface area contributed by atoms with E-state index in [9.17, 15) is 4.79 Å². The number of methoxy groups -OCH3 is 1. The molecule has 0 unspecified atom stereocenters. The van der Waals surface area contributed by atoms with E-state index in [0.29, 0.717) is 24.6 Å². The first-order chi connectivity index (χ1) is 12.3. The van der Waals surface area contributed by atoms with Crippen LogP contribution in [0.2, 0.25) is 0 Å². The molecule has 0 radical (unpaired) electrons. The molecule has 132 valence electrons. The summed E-state index contributed by atoms with van der Waals surface area (Å²) in [4.78, 5) is 12.2. The average Bonchev–Trinajstić information content (AvgIpc) is 2.68. The van der Waals surface area contributed by atoms with Gasteiger partial charge in [-0.2, -0.15) is 0 Å². The van der Waals surface area contributed by atoms with Gasteiger partial charge in [-0.3, -0.25) is 0 Å². The topological polar surface area (TPSA) is 71.6 Å². The minimum absolute atomic E-state index is 0.00273. The molecule has 1 saturated heterocycles. The number of anilines is 1. The third kappa shape index (κ3) is 4.71. The molecule has 2 aromatic carbocycles. The summed E-state index contributed by atoms with van der Waals surface area (Å²) in [6.07, 6.45) is -0.00273. The summed E-state index contributed by atoms with van der Waals surface area (Å²) in [5.41, 5.74) is 2.72. The fraction of sp³-hybridized carbons (Fsp3) is 0.316. The summed E-state index contributed by atoms with van der Waals surface area (Å²) in [6, 6.07) is 15.4. The minimum atomic E-state index is -0.280. The second kappa shape index (κ2) is 8.50. The fourth-order valence-electron chi connectivity index (χ4n) is 2.74. The molecule has 0 saturated carbocycles. The van der Waals surface area contributed by atoms with Gasteiger partial charge in [0.05, 0.1) is 25.5 Å². The summed E-state index contributed by atoms with van der Waals surface area (Å²) in [6.45, 7) is 2.72. The molecule has 0 aromatic heterocycles. The van der Waals surface area contributed by atoms with Gasteiger partial charge < -0.3 is 25.4 Å². The van der Waals surface area contributed by atoms with Gasteiger partial charge in [-0.1, -0.05) is 36.4 Å². The van der Waals surface area contributed by atoms with Crippen LogP contribution in [0.15, 0.2) is 48.5 Å². The second-order valence-electron chi connectivity index (χ2n) is 5.81. The summed E-state index contributed by atoms with van der Waals surface area (Å²) < 4.78 is 10.9. The molecule has 0 bridgehead atoms. The molecule has 6 nitrogen and oxygen atoms in total. The van der Waals surface area contributed by atoms with Crippen LogP contribution in [0.1, 0.15) is 0 Å². The highest BCUT2D eigenvalue weighted by atomic mass is 16.5. The number of amides is 2. The molecule has 3 N–H and O–H groups in total. The molecule has 0 spiro atoms. The molecule has 1 atom stereocenters. The normalized spacial score (nSPS) is 16.9. The molecule has 1 fully saturated rings. The van der Waals surface area contributed by atoms with Gasteiger partial charge in [-0.15, -0.1) is 0 Å². The lowest BCUT2D eigenvalue weighted by Gasteiger charge is -2.23. The Morgan fingerprint density at radius 1 is 1.24 bits per heavy atom. The van der Waals surface area contributed by atoms with Crippen molar-refractivity contribution in [3.8, 4) is 16.9 Å². The van der Waals surface area contributed by atoms with Crippen LogP contribution in [-0.4, -0.2) is 45.5 Å². The predicted octanol–water partition coefficient (Wildman–Crippen LogP) is 2.47. The monoisotopic (exact) mass is 341 g/mol. The Kier molecular flexibility index (Phi) is 5.87. The third-order valence-electron chi connectivity index (χ3n) is 4.05. The van der Waals surface area contributed by atoms with Gasteiger partial charge in [0.2, 0.25) is 0 Å². The molecule has 1 aliphatic rings. The Morgan fingerprint density at radius 2 is 2.08 bits per heavy atom. The quantitative estimate of drug-likeness (QED) is 0.781. The number of urea groups is 1. The van der Waals surface area contributed by atoms with Gasteiger partial charge in [0.1, 0.15) is 5.75 Å². The molecule has 1 aliphatic heterocycles. The zero-order valence-electron chi connectivity index (χ0n) is 14.2. The zero-order chi connectivity index (χ0) is 17.5. The van der Waals surface area contributed by atoms with Crippen LogP contribution in [0, 0.1) is 0 Å². The van der Waals surface area contributed by atoms with Crippen molar-refractivity contribution < 1.29 is 14.3 Å². The van der Waals surface area contributed by atoms with Crippen LogP contribution in [0.25, 0.3) is 11.1 Å². The van der Waals surface area contributed by atoms with Crippen molar-refractivity contribution in [1.29, 1.82) is 0 Å². The Balaban J connectivity index is 1.66. The first-order valence-corrected chi connectivity index (χ1v) is 8.37. The number of hydrogen-bond acceptors (Lipinski definition) is 4. The van der Waals surface area contributed by atoms with E-state index < -0.39 is 0 Å². The van der Waals surface area contributed by atoms with Crippen LogP contribution < -0.4 is 20.7 Å². The summed E-state index contributed by atoms with van der Waals surface area (Å²) >= 11 is 0. The van der Waals surface area contributed by atoms with Gasteiger partial charge in [-0.05, 0) is 23.3 Å². The van der Waals surface area contributed by atoms with Crippen LogP contribution in [0.4, 0.5) is 10.5 Å². The van der Waals surface area contributed by atoms with Crippen LogP contribution in [0.5, 0.6) is 5.75 Å². The number of rotatable bonds is 5. The van der Waals surface area contributed by atoms with Gasteiger partial charge in [0, 0.05) is 19.6 Å². The largest absolute Gasteiger partial charge is 0.495 e. The maximum absolute atomic E-state index is 12.2. The number of benzene rings is 2. The Bertz CT molecular complexity index is 700. The summed E-state index contributed by atoms with van der Waals surface area (Å²) in [5.74, 6) is 0.616. The van der Waals surface area contributed by atoms with E-state index in [1.54, 1.807) is 7.11 Å². The Labute approximate surface area is 147 Å². The lowest BCUT2D eigenvalue weighted by molar-refractivity contribution is 0.0310. The van der Waals surface area contributed by atoms with Crippen molar-refractivity contribution >= 4 is 11.7 Å². The molecule has 2 aromatic rings. The molecule has 1 heterocycles. The summed E-state index contributed by atoms with van der Waals surface area (Å²) in [5, 5.41) is 8.94. The molecule has 25 heavy (non-hydrogen) atoms. The van der Waals surface area contributed by atoms with Gasteiger partial charge in [0.25, 0.3) is 0 Å². The summed E-state index contributed by atoms with van der Waals surface area (Å²) in [7, 11) is 1.59. The highest BCUT2D eigenvalue weighted by Gasteiger charge is 2.15. The number of morpholine rings is 1. The van der Waals surface area contributed by atoms with Crippen molar-refractivity contribution in [2.24, 2.45) is 0 Å². The van der Waals surface area contributed by atoms with Crippen molar-refractivity contribution in [3.05, 3.63) is 48.5 Å². The highest BCUT2D eigenvalue weighted by Crippen LogP contribution is 2.30. The first-order valence-electron chi connectivity index (χ1n) is 8.37. The Hall–Kier alpha value is -2.57. The lowest BCUT2D eigenvalue weighted by Crippen LogP contribution is -2.46. The number of carbonyl (C=O) groups is 1. The number of carbonyl (C=O) groups excluding carboxylic acids is 1. The van der Waals surface area contributed by atoms with E-state index in [1.807, 2.05) is 48.5 Å². The van der Waals surface area contributed by atoms with Crippen LogP contribution in [0.3, 0.4) is 0 Å². The standard InChI is InChI=1S/C19H23N3O3/c1-24-18-8-7-15(14-5-3-2-4-6-14)11-17(18)22-19(23)21-13-16-12-20-9-10-25-16/h2-8,11,16,20H,9-10,12-13H2,1H3,(H2,21,22,23)/t16-/m1/s1. The predicted molar refractivity (Wildman–Crippen MR) is 98.1 cm³/mol. The lowest BCUT2D eigenvalue weighted by atomic mass is 10.0. The van der Waals surface area contributed by atoms with E-state index in [2.05, 4.69) is 16.0 Å². The smallest absolute Gasteiger partial charge is 0.319 e. The molecule has 3 rings (SSSR count). The molecule has 6 heteroatoms. The van der Waals surface area contributed by atoms with Crippen LogP contribution >= 0.6 is 0 Å². The van der Waals surface area contributed by atoms with E-state index in [1.165, 1.54) is 0 Å². The Morgan fingerprint density at radius 3 is 2.80 bits per heavy atom. The zero-order valence-corrected chi connectivity index (χ0v) is 14.2. The number of hydrogen-bond donors (Lipinski definition) is 3. The van der Waals surface area contributed by atoms with E-state index >= 15 is 0 Å². The van der Waals surface area contributed by atoms with Crippen LogP contribution in [-0.2, 0) is 4.74 Å². The third-order valence-corrected chi connectivity index (χ3v) is 4.05. The average molecular weight is 341 g/mol. The minimum Gasteiger partial charge on any atom is -0.495 e. The van der Waals surface area contributed by atoms with Gasteiger partial charge in [0.15, 0.2) is 0 Å². The maximum atomic E-state index is 12.2. The maximum Gasteiger partial charge on any atom is 0.319 e. The highest BCUT2D eigenvalue weighted by molar-refractivity contribution is 5.92. The van der Waals surface area contributed by atoms with Gasteiger partial charge in [-0.25, -0.2) is 4.79 Å². The first kappa shape index (κ1) is 17.3. The van der Waals surface area contributed by atoms with Crippen molar-refractivity contribution in [2.45, 2.75) is 6.10 Å². The van der Waals surface area contributed by atoms with E-state index in [4.69, 9.17) is 9.47 Å². The van der Waals surface area contributed by atoms with Crippen molar-refractivity contribution in [2.75, 3.05) is 38.7 Å². The van der Waals surface area contributed by atoms with Crippen molar-refractivity contribution in [3.63, 3.8) is 0 Å². The van der Waals surface area contributed by atoms with Crippen molar-refractivity contribution in [1.82, 2.24) is 10.6 Å². The molecular weight excluding hydrogens is 318 g/mol. The molecule has 0 aliphatic carbocycles. The molecule has 2 amide bonds. The number of nitrogens with one attached hydrogen (secondary N) is 3.